The molecule has 0 saturated carbocycles. The third-order valence-electron chi connectivity index (χ3n) is 10.3. The second-order valence-electron chi connectivity index (χ2n) is 14.0. The molecule has 1 atom stereocenters. The Morgan fingerprint density at radius 3 is 2.12 bits per heavy atom. The van der Waals surface area contributed by atoms with Crippen LogP contribution in [-0.2, 0) is 24.6 Å². The first-order valence-electron chi connectivity index (χ1n) is 19.0. The van der Waals surface area contributed by atoms with Gasteiger partial charge in [-0.15, -0.1) is 23.5 Å². The van der Waals surface area contributed by atoms with Crippen LogP contribution in [0.2, 0.25) is 5.02 Å². The summed E-state index contributed by atoms with van der Waals surface area (Å²) in [6.07, 6.45) is 7.39. The molecule has 1 heterocycles. The number of carbonyl (C=O) groups is 1. The van der Waals surface area contributed by atoms with Crippen molar-refractivity contribution in [3.63, 3.8) is 0 Å². The number of halogens is 1. The van der Waals surface area contributed by atoms with Crippen molar-refractivity contribution in [3.05, 3.63) is 124 Å². The van der Waals surface area contributed by atoms with E-state index in [0.717, 1.165) is 55.5 Å². The Bertz CT molecular complexity index is 2070. The van der Waals surface area contributed by atoms with E-state index in [1.54, 1.807) is 29.6 Å². The zero-order chi connectivity index (χ0) is 39.4. The van der Waals surface area contributed by atoms with Crippen LogP contribution >= 0.6 is 35.1 Å². The van der Waals surface area contributed by atoms with Gasteiger partial charge in [0.25, 0.3) is 0 Å². The lowest BCUT2D eigenvalue weighted by molar-refractivity contribution is -0.110. The fourth-order valence-corrected chi connectivity index (χ4v) is 8.37. The number of aliphatic hydroxyl groups excluding tert-OH is 1. The largest absolute Gasteiger partial charge is 0.492 e. The van der Waals surface area contributed by atoms with Crippen molar-refractivity contribution in [2.75, 3.05) is 45.4 Å². The molecule has 0 spiro atoms. The molecule has 0 amide bonds. The van der Waals surface area contributed by atoms with Crippen LogP contribution in [0, 0.1) is 13.8 Å². The zero-order valence-corrected chi connectivity index (χ0v) is 35.0. The molecular formula is C46H51ClN2O5S2. The maximum absolute atomic E-state index is 11.4. The minimum atomic E-state index is -0.700. The number of carbonyl (C=O) groups excluding carboxylic acids is 1. The monoisotopic (exact) mass is 810 g/mol. The van der Waals surface area contributed by atoms with Crippen molar-refractivity contribution < 1.29 is 24.1 Å². The van der Waals surface area contributed by atoms with Crippen molar-refractivity contribution in [1.29, 1.82) is 0 Å². The van der Waals surface area contributed by atoms with Gasteiger partial charge < -0.3 is 29.4 Å². The van der Waals surface area contributed by atoms with Crippen LogP contribution in [0.25, 0.3) is 22.3 Å². The Balaban J connectivity index is 1.19. The minimum absolute atomic E-state index is 0.274. The topological polar surface area (TPSA) is 80.3 Å². The summed E-state index contributed by atoms with van der Waals surface area (Å²) in [7, 11) is 0. The van der Waals surface area contributed by atoms with Crippen molar-refractivity contribution in [2.45, 2.75) is 62.3 Å². The number of rotatable bonds is 19. The van der Waals surface area contributed by atoms with Crippen LogP contribution in [0.3, 0.4) is 0 Å². The molecular weight excluding hydrogens is 760 g/mol. The molecule has 7 nitrogen and oxygen atoms in total. The van der Waals surface area contributed by atoms with E-state index in [0.29, 0.717) is 42.6 Å². The zero-order valence-electron chi connectivity index (χ0n) is 32.6. The lowest BCUT2D eigenvalue weighted by atomic mass is 9.89. The van der Waals surface area contributed by atoms with Gasteiger partial charge in [0, 0.05) is 34.5 Å². The number of likely N-dealkylation sites (tertiary alicyclic amines) is 1. The number of benzene rings is 5. The number of nitrogens with zero attached hydrogens (tertiary/aromatic N) is 1. The standard InChI is InChI=1S/C46H51ClN2O5S2/c1-31-35(9-7-11-42(31)43-12-8-10-41(32(43)2)34-13-15-38(16-14-34)52-20-19-49-17-5-6-18-49)30-54-46-25-45(36(23-44(46)47)26-48-37(27-50)28-51)53-29-33-21-39(55-3)24-40(22-33)56-4/h7-16,21-25,27,37,48,51H,5-6,17-20,26,28-30H2,1-4H3. The van der Waals surface area contributed by atoms with Gasteiger partial charge in [0.05, 0.1) is 17.7 Å². The highest BCUT2D eigenvalue weighted by Gasteiger charge is 2.17. The summed E-state index contributed by atoms with van der Waals surface area (Å²) in [5.74, 6) is 1.97. The average molecular weight is 812 g/mol. The highest BCUT2D eigenvalue weighted by Crippen LogP contribution is 2.37. The molecule has 0 aliphatic carbocycles. The summed E-state index contributed by atoms with van der Waals surface area (Å²) in [5.41, 5.74) is 9.83. The van der Waals surface area contributed by atoms with E-state index in [9.17, 15) is 9.90 Å². The SMILES string of the molecule is CSc1cc(COc2cc(OCc3cccc(-c4cccc(-c5ccc(OCCN6CCCC6)cc5)c4C)c3C)c(Cl)cc2CNC(C=O)CO)cc(SC)c1. The normalized spacial score (nSPS) is 13.5. The number of nitrogens with one attached hydrogen (secondary N) is 1. The molecule has 56 heavy (non-hydrogen) atoms. The van der Waals surface area contributed by atoms with Gasteiger partial charge in [-0.1, -0.05) is 60.1 Å². The number of aliphatic hydroxyl groups is 1. The van der Waals surface area contributed by atoms with Crippen molar-refractivity contribution in [3.8, 4) is 39.5 Å². The van der Waals surface area contributed by atoms with E-state index < -0.39 is 6.04 Å². The lowest BCUT2D eigenvalue weighted by Gasteiger charge is -2.19. The maximum atomic E-state index is 11.4. The number of ether oxygens (including phenoxy) is 3. The summed E-state index contributed by atoms with van der Waals surface area (Å²) in [6.45, 7) is 8.96. The van der Waals surface area contributed by atoms with Crippen molar-refractivity contribution in [2.24, 2.45) is 0 Å². The molecule has 5 aromatic carbocycles. The Kier molecular flexibility index (Phi) is 15.2. The molecule has 1 saturated heterocycles. The molecule has 2 N–H and O–H groups in total. The quantitative estimate of drug-likeness (QED) is 0.0626. The van der Waals surface area contributed by atoms with Crippen LogP contribution in [0.15, 0.2) is 101 Å². The summed E-state index contributed by atoms with van der Waals surface area (Å²) >= 11 is 10.2. The summed E-state index contributed by atoms with van der Waals surface area (Å²) in [4.78, 5) is 16.2. The average Bonchev–Trinajstić information content (AvgIpc) is 3.75. The van der Waals surface area contributed by atoms with Crippen LogP contribution in [0.4, 0.5) is 0 Å². The number of hydrogen-bond donors (Lipinski definition) is 2. The molecule has 0 radical (unpaired) electrons. The van der Waals surface area contributed by atoms with E-state index >= 15 is 0 Å². The summed E-state index contributed by atoms with van der Waals surface area (Å²) in [6, 6.07) is 30.6. The Hall–Kier alpha value is -3.96. The predicted molar refractivity (Wildman–Crippen MR) is 232 cm³/mol. The van der Waals surface area contributed by atoms with E-state index in [2.05, 4.69) is 115 Å². The molecule has 1 fully saturated rings. The number of aldehydes is 1. The van der Waals surface area contributed by atoms with Gasteiger partial charge in [-0.3, -0.25) is 4.90 Å². The van der Waals surface area contributed by atoms with Gasteiger partial charge in [-0.25, -0.2) is 0 Å². The van der Waals surface area contributed by atoms with Gasteiger partial charge in [-0.05, 0) is 133 Å². The molecule has 1 aliphatic heterocycles. The Labute approximate surface area is 345 Å². The molecule has 0 aromatic heterocycles. The molecule has 10 heteroatoms. The van der Waals surface area contributed by atoms with Crippen LogP contribution in [0.5, 0.6) is 17.2 Å². The second-order valence-corrected chi connectivity index (χ2v) is 16.2. The minimum Gasteiger partial charge on any atom is -0.492 e. The highest BCUT2D eigenvalue weighted by atomic mass is 35.5. The first-order chi connectivity index (χ1) is 27.3. The van der Waals surface area contributed by atoms with Crippen LogP contribution in [0.1, 0.15) is 40.7 Å². The van der Waals surface area contributed by atoms with Gasteiger partial charge in [-0.2, -0.15) is 0 Å². The van der Waals surface area contributed by atoms with Crippen LogP contribution < -0.4 is 19.5 Å². The molecule has 1 aliphatic rings. The Morgan fingerprint density at radius 2 is 1.45 bits per heavy atom. The third-order valence-corrected chi connectivity index (χ3v) is 12.0. The summed E-state index contributed by atoms with van der Waals surface area (Å²) < 4.78 is 18.9. The highest BCUT2D eigenvalue weighted by molar-refractivity contribution is 7.99. The number of hydrogen-bond acceptors (Lipinski definition) is 9. The van der Waals surface area contributed by atoms with E-state index in [-0.39, 0.29) is 13.2 Å². The van der Waals surface area contributed by atoms with Crippen LogP contribution in [-0.4, -0.2) is 67.7 Å². The fraction of sp³-hybridized carbons (Fsp3) is 0.326. The third kappa shape index (κ3) is 10.7. The molecule has 0 bridgehead atoms. The number of thioether (sulfide) groups is 2. The van der Waals surface area contributed by atoms with E-state index in [1.807, 2.05) is 6.07 Å². The smallest absolute Gasteiger partial charge is 0.142 e. The van der Waals surface area contributed by atoms with Crippen molar-refractivity contribution >= 4 is 41.4 Å². The molecule has 1 unspecified atom stereocenters. The summed E-state index contributed by atoms with van der Waals surface area (Å²) in [5, 5.41) is 13.1. The first-order valence-corrected chi connectivity index (χ1v) is 21.9. The van der Waals surface area contributed by atoms with Crippen molar-refractivity contribution in [1.82, 2.24) is 10.2 Å². The molecule has 6 rings (SSSR count). The predicted octanol–water partition coefficient (Wildman–Crippen LogP) is 10.0. The van der Waals surface area contributed by atoms with Gasteiger partial charge in [0.15, 0.2) is 0 Å². The lowest BCUT2D eigenvalue weighted by Crippen LogP contribution is -2.33. The van der Waals surface area contributed by atoms with Gasteiger partial charge in [0.2, 0.25) is 0 Å². The van der Waals surface area contributed by atoms with Gasteiger partial charge >= 0.3 is 0 Å². The maximum Gasteiger partial charge on any atom is 0.142 e. The van der Waals surface area contributed by atoms with E-state index in [4.69, 9.17) is 25.8 Å². The molecule has 294 valence electrons. The Morgan fingerprint density at radius 1 is 0.786 bits per heavy atom. The molecule has 5 aromatic rings. The van der Waals surface area contributed by atoms with E-state index in [1.165, 1.54) is 42.6 Å². The first kappa shape index (κ1) is 41.7. The van der Waals surface area contributed by atoms with Gasteiger partial charge in [0.1, 0.15) is 43.4 Å². The fourth-order valence-electron chi connectivity index (χ4n) is 7.02. The second kappa shape index (κ2) is 20.5.